The van der Waals surface area contributed by atoms with Crippen LogP contribution < -0.4 is 10.6 Å². The molecular formula is C13H19N3OS. The number of anilines is 1. The van der Waals surface area contributed by atoms with E-state index in [-0.39, 0.29) is 11.9 Å². The number of amides is 1. The van der Waals surface area contributed by atoms with Gasteiger partial charge in [-0.3, -0.25) is 4.79 Å². The molecule has 1 saturated heterocycles. The lowest BCUT2D eigenvalue weighted by Crippen LogP contribution is -2.35. The second-order valence-electron chi connectivity index (χ2n) is 5.09. The van der Waals surface area contributed by atoms with Gasteiger partial charge in [0.25, 0.3) is 0 Å². The standard InChI is InChI=1S/C13H19N3OS/c17-12(10-6-4-8-14-10)16-13-15-9-5-2-1-3-7-11(9)18-13/h10,14H,1-8H2,(H,15,16,17). The molecule has 1 aliphatic carbocycles. The molecule has 1 fully saturated rings. The van der Waals surface area contributed by atoms with Crippen LogP contribution in [0.3, 0.4) is 0 Å². The van der Waals surface area contributed by atoms with E-state index in [1.807, 2.05) is 0 Å². The molecule has 0 radical (unpaired) electrons. The molecule has 1 aromatic heterocycles. The zero-order chi connectivity index (χ0) is 12.4. The second kappa shape index (κ2) is 5.36. The summed E-state index contributed by atoms with van der Waals surface area (Å²) >= 11 is 1.66. The fourth-order valence-corrected chi connectivity index (χ4v) is 3.74. The van der Waals surface area contributed by atoms with Gasteiger partial charge in [0.2, 0.25) is 5.91 Å². The van der Waals surface area contributed by atoms with Gasteiger partial charge in [-0.25, -0.2) is 4.98 Å². The van der Waals surface area contributed by atoms with Gasteiger partial charge < -0.3 is 10.6 Å². The first-order valence-corrected chi connectivity index (χ1v) is 7.67. The van der Waals surface area contributed by atoms with Crippen LogP contribution in [0.2, 0.25) is 0 Å². The van der Waals surface area contributed by atoms with Crippen LogP contribution in [0.5, 0.6) is 0 Å². The molecule has 0 spiro atoms. The number of fused-ring (bicyclic) bond motifs is 1. The first kappa shape index (κ1) is 12.1. The molecule has 0 saturated carbocycles. The molecule has 0 aromatic carbocycles. The molecule has 1 unspecified atom stereocenters. The van der Waals surface area contributed by atoms with Crippen molar-refractivity contribution in [1.82, 2.24) is 10.3 Å². The minimum Gasteiger partial charge on any atom is -0.306 e. The topological polar surface area (TPSA) is 54.0 Å². The van der Waals surface area contributed by atoms with Gasteiger partial charge in [-0.2, -0.15) is 0 Å². The summed E-state index contributed by atoms with van der Waals surface area (Å²) in [6.45, 7) is 0.951. The van der Waals surface area contributed by atoms with Crippen molar-refractivity contribution in [3.8, 4) is 0 Å². The van der Waals surface area contributed by atoms with Gasteiger partial charge in [0.05, 0.1) is 11.7 Å². The van der Waals surface area contributed by atoms with Crippen LogP contribution in [0.1, 0.15) is 42.7 Å². The fraction of sp³-hybridized carbons (Fsp3) is 0.692. The van der Waals surface area contributed by atoms with Crippen molar-refractivity contribution in [3.63, 3.8) is 0 Å². The van der Waals surface area contributed by atoms with Crippen molar-refractivity contribution < 1.29 is 4.79 Å². The maximum absolute atomic E-state index is 12.0. The summed E-state index contributed by atoms with van der Waals surface area (Å²) in [5.74, 6) is 0.0800. The number of nitrogens with zero attached hydrogens (tertiary/aromatic N) is 1. The predicted octanol–water partition coefficient (Wildman–Crippen LogP) is 2.10. The number of thiazole rings is 1. The van der Waals surface area contributed by atoms with Crippen molar-refractivity contribution in [2.24, 2.45) is 0 Å². The Kier molecular flexibility index (Phi) is 3.61. The largest absolute Gasteiger partial charge is 0.306 e. The van der Waals surface area contributed by atoms with Gasteiger partial charge in [-0.1, -0.05) is 6.42 Å². The van der Waals surface area contributed by atoms with Gasteiger partial charge in [0.1, 0.15) is 0 Å². The van der Waals surface area contributed by atoms with E-state index in [0.29, 0.717) is 0 Å². The molecule has 2 heterocycles. The Labute approximate surface area is 111 Å². The van der Waals surface area contributed by atoms with Crippen LogP contribution in [0, 0.1) is 0 Å². The molecule has 2 aliphatic rings. The van der Waals surface area contributed by atoms with Gasteiger partial charge in [0, 0.05) is 4.88 Å². The third-order valence-corrected chi connectivity index (χ3v) is 4.78. The van der Waals surface area contributed by atoms with Crippen LogP contribution in [0.25, 0.3) is 0 Å². The monoisotopic (exact) mass is 265 g/mol. The average Bonchev–Trinajstić information content (AvgIpc) is 2.96. The van der Waals surface area contributed by atoms with E-state index in [0.717, 1.165) is 37.4 Å². The first-order valence-electron chi connectivity index (χ1n) is 6.86. The highest BCUT2D eigenvalue weighted by molar-refractivity contribution is 7.15. The lowest BCUT2D eigenvalue weighted by atomic mass is 10.2. The van der Waals surface area contributed by atoms with Crippen molar-refractivity contribution in [2.75, 3.05) is 11.9 Å². The Balaban J connectivity index is 1.67. The molecule has 98 valence electrons. The number of aryl methyl sites for hydroxylation is 2. The highest BCUT2D eigenvalue weighted by Gasteiger charge is 2.23. The second-order valence-corrected chi connectivity index (χ2v) is 6.17. The van der Waals surface area contributed by atoms with Gasteiger partial charge in [0.15, 0.2) is 5.13 Å². The number of rotatable bonds is 2. The van der Waals surface area contributed by atoms with E-state index in [4.69, 9.17) is 0 Å². The normalized spacial score (nSPS) is 23.4. The van der Waals surface area contributed by atoms with E-state index in [9.17, 15) is 4.79 Å². The first-order chi connectivity index (χ1) is 8.83. The quantitative estimate of drug-likeness (QED) is 0.805. The Bertz CT molecular complexity index is 414. The Morgan fingerprint density at radius 3 is 3.00 bits per heavy atom. The molecule has 18 heavy (non-hydrogen) atoms. The molecule has 3 rings (SSSR count). The molecular weight excluding hydrogens is 246 g/mol. The van der Waals surface area contributed by atoms with Gasteiger partial charge in [-0.05, 0) is 45.1 Å². The summed E-state index contributed by atoms with van der Waals surface area (Å²) in [6, 6.07) is -0.0197. The summed E-state index contributed by atoms with van der Waals surface area (Å²) in [5.41, 5.74) is 1.21. The van der Waals surface area contributed by atoms with Crippen molar-refractivity contribution in [2.45, 2.75) is 51.0 Å². The van der Waals surface area contributed by atoms with Crippen LogP contribution >= 0.6 is 11.3 Å². The maximum Gasteiger partial charge on any atom is 0.243 e. The molecule has 4 nitrogen and oxygen atoms in total. The smallest absolute Gasteiger partial charge is 0.243 e. The zero-order valence-corrected chi connectivity index (χ0v) is 11.3. The van der Waals surface area contributed by atoms with Crippen LogP contribution in [-0.4, -0.2) is 23.5 Å². The molecule has 2 N–H and O–H groups in total. The van der Waals surface area contributed by atoms with Crippen LogP contribution in [0.4, 0.5) is 5.13 Å². The maximum atomic E-state index is 12.0. The van der Waals surface area contributed by atoms with E-state index in [1.165, 1.54) is 29.8 Å². The summed E-state index contributed by atoms with van der Waals surface area (Å²) in [5, 5.41) is 6.97. The van der Waals surface area contributed by atoms with Gasteiger partial charge >= 0.3 is 0 Å². The summed E-state index contributed by atoms with van der Waals surface area (Å²) in [4.78, 5) is 17.9. The molecule has 1 aliphatic heterocycles. The minimum absolute atomic E-state index is 0.0197. The summed E-state index contributed by atoms with van der Waals surface area (Å²) in [6.07, 6.45) is 8.02. The summed E-state index contributed by atoms with van der Waals surface area (Å²) in [7, 11) is 0. The molecule has 1 aromatic rings. The highest BCUT2D eigenvalue weighted by Crippen LogP contribution is 2.29. The number of carbonyl (C=O) groups is 1. The Morgan fingerprint density at radius 1 is 1.28 bits per heavy atom. The van der Waals surface area contributed by atoms with Crippen molar-refractivity contribution in [3.05, 3.63) is 10.6 Å². The minimum atomic E-state index is -0.0197. The van der Waals surface area contributed by atoms with Crippen LogP contribution in [0.15, 0.2) is 0 Å². The van der Waals surface area contributed by atoms with Crippen molar-refractivity contribution >= 4 is 22.4 Å². The number of carbonyl (C=O) groups excluding carboxylic acids is 1. The van der Waals surface area contributed by atoms with E-state index in [2.05, 4.69) is 15.6 Å². The third kappa shape index (κ3) is 2.57. The number of hydrogen-bond donors (Lipinski definition) is 2. The van der Waals surface area contributed by atoms with Crippen LogP contribution in [-0.2, 0) is 17.6 Å². The highest BCUT2D eigenvalue weighted by atomic mass is 32.1. The Morgan fingerprint density at radius 2 is 2.17 bits per heavy atom. The van der Waals surface area contributed by atoms with E-state index in [1.54, 1.807) is 11.3 Å². The predicted molar refractivity (Wildman–Crippen MR) is 73.0 cm³/mol. The van der Waals surface area contributed by atoms with Crippen molar-refractivity contribution in [1.29, 1.82) is 0 Å². The van der Waals surface area contributed by atoms with Gasteiger partial charge in [-0.15, -0.1) is 11.3 Å². The lowest BCUT2D eigenvalue weighted by Gasteiger charge is -2.08. The number of hydrogen-bond acceptors (Lipinski definition) is 4. The van der Waals surface area contributed by atoms with E-state index < -0.39 is 0 Å². The Hall–Kier alpha value is -0.940. The molecule has 1 atom stereocenters. The summed E-state index contributed by atoms with van der Waals surface area (Å²) < 4.78 is 0. The molecule has 0 bridgehead atoms. The average molecular weight is 265 g/mol. The third-order valence-electron chi connectivity index (χ3n) is 3.70. The zero-order valence-electron chi connectivity index (χ0n) is 10.5. The molecule has 5 heteroatoms. The lowest BCUT2D eigenvalue weighted by molar-refractivity contribution is -0.117. The fourth-order valence-electron chi connectivity index (χ4n) is 2.68. The van der Waals surface area contributed by atoms with E-state index >= 15 is 0 Å². The number of nitrogens with one attached hydrogen (secondary N) is 2. The molecule has 1 amide bonds. The number of aromatic nitrogens is 1. The SMILES string of the molecule is O=C(Nc1nc2c(s1)CCCCC2)C1CCCN1.